The molecule has 1 aliphatic heterocycles. The van der Waals surface area contributed by atoms with E-state index in [1.807, 2.05) is 6.92 Å². The van der Waals surface area contributed by atoms with Gasteiger partial charge in [0, 0.05) is 51.0 Å². The standard InChI is InChI=1S/C29H40O11/c1-15(30)38-14-28-23(33)10-19(39-16(2)31)11-27(28,35)7-5-21-25(28)22(40-17(3)32)12-26(4)20(6-8-29(21,26)36)18-9-24(34)37-13-18/h9,19-23,25,33,35-36H,5-8,10-14H2,1-4H3/t19-,20-,21+,22+,23+,25+,26+,27+,28+,29+/m0/s1. The van der Waals surface area contributed by atoms with Gasteiger partial charge < -0.3 is 34.3 Å². The molecule has 11 nitrogen and oxygen atoms in total. The van der Waals surface area contributed by atoms with Crippen LogP contribution >= 0.6 is 0 Å². The van der Waals surface area contributed by atoms with E-state index in [9.17, 15) is 34.5 Å². The lowest BCUT2D eigenvalue weighted by molar-refractivity contribution is -0.319. The van der Waals surface area contributed by atoms with Gasteiger partial charge in [0.1, 0.15) is 25.4 Å². The molecule has 4 saturated carbocycles. The molecule has 0 aromatic carbocycles. The maximum atomic E-state index is 12.6. The van der Waals surface area contributed by atoms with Gasteiger partial charge in [-0.05, 0) is 49.5 Å². The van der Waals surface area contributed by atoms with Crippen molar-refractivity contribution in [3.63, 3.8) is 0 Å². The number of hydrogen-bond acceptors (Lipinski definition) is 11. The van der Waals surface area contributed by atoms with Gasteiger partial charge in [-0.1, -0.05) is 6.92 Å². The van der Waals surface area contributed by atoms with Gasteiger partial charge >= 0.3 is 23.9 Å². The summed E-state index contributed by atoms with van der Waals surface area (Å²) < 4.78 is 22.1. The third-order valence-corrected chi connectivity index (χ3v) is 10.9. The molecule has 0 unspecified atom stereocenters. The summed E-state index contributed by atoms with van der Waals surface area (Å²) in [5, 5.41) is 36.7. The molecule has 10 atom stereocenters. The second-order valence-corrected chi connectivity index (χ2v) is 12.8. The first-order valence-electron chi connectivity index (χ1n) is 14.1. The lowest BCUT2D eigenvalue weighted by atomic mass is 9.40. The summed E-state index contributed by atoms with van der Waals surface area (Å²) in [6.45, 7) is 5.54. The number of rotatable bonds is 5. The van der Waals surface area contributed by atoms with E-state index < -0.39 is 76.1 Å². The molecule has 11 heteroatoms. The first-order valence-corrected chi connectivity index (χ1v) is 14.1. The van der Waals surface area contributed by atoms with Gasteiger partial charge in [-0.3, -0.25) is 14.4 Å². The van der Waals surface area contributed by atoms with Gasteiger partial charge in [-0.2, -0.15) is 0 Å². The molecule has 0 spiro atoms. The van der Waals surface area contributed by atoms with Crippen LogP contribution in [-0.4, -0.2) is 81.9 Å². The van der Waals surface area contributed by atoms with E-state index in [4.69, 9.17) is 18.9 Å². The number of aliphatic hydroxyl groups is 3. The fourth-order valence-electron chi connectivity index (χ4n) is 9.47. The zero-order valence-corrected chi connectivity index (χ0v) is 23.5. The average molecular weight is 565 g/mol. The molecule has 0 aromatic heterocycles. The molecular formula is C29H40O11. The summed E-state index contributed by atoms with van der Waals surface area (Å²) in [6, 6.07) is 0. The summed E-state index contributed by atoms with van der Waals surface area (Å²) in [5.74, 6) is -3.61. The van der Waals surface area contributed by atoms with Gasteiger partial charge in [0.15, 0.2) is 0 Å². The summed E-state index contributed by atoms with van der Waals surface area (Å²) >= 11 is 0. The Morgan fingerprint density at radius 1 is 1.02 bits per heavy atom. The minimum atomic E-state index is -1.64. The highest BCUT2D eigenvalue weighted by Gasteiger charge is 2.76. The Morgan fingerprint density at radius 2 is 1.73 bits per heavy atom. The van der Waals surface area contributed by atoms with Crippen molar-refractivity contribution in [2.24, 2.45) is 28.6 Å². The first-order chi connectivity index (χ1) is 18.7. The Labute approximate surface area is 233 Å². The van der Waals surface area contributed by atoms with Crippen LogP contribution in [0.2, 0.25) is 0 Å². The van der Waals surface area contributed by atoms with Gasteiger partial charge in [-0.25, -0.2) is 4.79 Å². The third kappa shape index (κ3) is 4.18. The topological polar surface area (TPSA) is 166 Å². The SMILES string of the molecule is CC(=O)OC[C@@]12[C@@H]3[C@@H](CC[C@@]1(O)C[C@@H](OC(C)=O)C[C@H]2O)[C@]1(O)CC[C@@H](C2=CC(=O)OC2)[C@@]1(C)C[C@H]3OC(C)=O. The van der Waals surface area contributed by atoms with E-state index in [1.165, 1.54) is 26.8 Å². The second-order valence-electron chi connectivity index (χ2n) is 12.8. The molecule has 222 valence electrons. The zero-order valence-electron chi connectivity index (χ0n) is 23.5. The summed E-state index contributed by atoms with van der Waals surface area (Å²) in [6.07, 6.45) is 0.267. The van der Waals surface area contributed by atoms with Crippen LogP contribution in [0.1, 0.15) is 72.6 Å². The van der Waals surface area contributed by atoms with Crippen molar-refractivity contribution in [1.82, 2.24) is 0 Å². The van der Waals surface area contributed by atoms with Crippen LogP contribution < -0.4 is 0 Å². The number of ether oxygens (including phenoxy) is 4. The molecule has 3 N–H and O–H groups in total. The van der Waals surface area contributed by atoms with Crippen molar-refractivity contribution in [3.8, 4) is 0 Å². The Bertz CT molecular complexity index is 1130. The third-order valence-electron chi connectivity index (χ3n) is 10.9. The van der Waals surface area contributed by atoms with Crippen molar-refractivity contribution in [2.45, 2.75) is 102 Å². The van der Waals surface area contributed by atoms with Gasteiger partial charge in [0.25, 0.3) is 0 Å². The normalized spacial score (nSPS) is 45.8. The minimum Gasteiger partial charge on any atom is -0.465 e. The van der Waals surface area contributed by atoms with Crippen molar-refractivity contribution in [2.75, 3.05) is 13.2 Å². The largest absolute Gasteiger partial charge is 0.465 e. The molecule has 5 aliphatic rings. The fourth-order valence-corrected chi connectivity index (χ4v) is 9.47. The smallest absolute Gasteiger partial charge is 0.331 e. The summed E-state index contributed by atoms with van der Waals surface area (Å²) in [7, 11) is 0. The van der Waals surface area contributed by atoms with Crippen LogP contribution in [0.25, 0.3) is 0 Å². The zero-order chi connectivity index (χ0) is 29.3. The Kier molecular flexibility index (Phi) is 7.11. The quantitative estimate of drug-likeness (QED) is 0.326. The molecule has 0 bridgehead atoms. The van der Waals surface area contributed by atoms with E-state index in [0.717, 1.165) is 5.57 Å². The number of carbonyl (C=O) groups is 4. The monoisotopic (exact) mass is 564 g/mol. The van der Waals surface area contributed by atoms with Crippen molar-refractivity contribution in [1.29, 1.82) is 0 Å². The molecule has 4 aliphatic carbocycles. The number of fused-ring (bicyclic) bond motifs is 5. The number of esters is 4. The molecule has 5 rings (SSSR count). The number of cyclic esters (lactones) is 1. The van der Waals surface area contributed by atoms with Gasteiger partial charge in [-0.15, -0.1) is 0 Å². The lowest BCUT2D eigenvalue weighted by Crippen LogP contribution is -2.76. The van der Waals surface area contributed by atoms with E-state index in [-0.39, 0.29) is 44.8 Å². The molecule has 0 aromatic rings. The number of hydrogen-bond donors (Lipinski definition) is 3. The van der Waals surface area contributed by atoms with Gasteiger partial charge in [0.05, 0.1) is 22.7 Å². The molecule has 0 amide bonds. The predicted octanol–water partition coefficient (Wildman–Crippen LogP) is 1.35. The van der Waals surface area contributed by atoms with Crippen LogP contribution in [0.3, 0.4) is 0 Å². The van der Waals surface area contributed by atoms with Crippen molar-refractivity contribution in [3.05, 3.63) is 11.6 Å². The number of carbonyl (C=O) groups excluding carboxylic acids is 4. The molecule has 1 heterocycles. The molecule has 40 heavy (non-hydrogen) atoms. The molecular weight excluding hydrogens is 524 g/mol. The predicted molar refractivity (Wildman–Crippen MR) is 136 cm³/mol. The highest BCUT2D eigenvalue weighted by atomic mass is 16.6. The highest BCUT2D eigenvalue weighted by Crippen LogP contribution is 2.71. The van der Waals surface area contributed by atoms with E-state index in [2.05, 4.69) is 0 Å². The molecule has 0 radical (unpaired) electrons. The maximum Gasteiger partial charge on any atom is 0.331 e. The second kappa shape index (κ2) is 9.80. The van der Waals surface area contributed by atoms with Crippen LogP contribution in [0, 0.1) is 28.6 Å². The van der Waals surface area contributed by atoms with Crippen LogP contribution in [0.5, 0.6) is 0 Å². The van der Waals surface area contributed by atoms with Gasteiger partial charge in [0.2, 0.25) is 0 Å². The van der Waals surface area contributed by atoms with E-state index in [1.54, 1.807) is 0 Å². The molecule has 0 saturated heterocycles. The maximum absolute atomic E-state index is 12.6. The molecule has 4 fully saturated rings. The average Bonchev–Trinajstić information content (AvgIpc) is 3.37. The van der Waals surface area contributed by atoms with E-state index in [0.29, 0.717) is 19.3 Å². The Balaban J connectivity index is 1.63. The highest BCUT2D eigenvalue weighted by molar-refractivity contribution is 5.85. The van der Waals surface area contributed by atoms with Crippen LogP contribution in [-0.2, 0) is 38.1 Å². The van der Waals surface area contributed by atoms with Crippen molar-refractivity contribution < 1.29 is 53.4 Å². The Hall–Kier alpha value is -2.50. The first kappa shape index (κ1) is 29.0. The van der Waals surface area contributed by atoms with Crippen molar-refractivity contribution >= 4 is 23.9 Å². The van der Waals surface area contributed by atoms with E-state index >= 15 is 0 Å². The minimum absolute atomic E-state index is 0.00553. The number of aliphatic hydroxyl groups excluding tert-OH is 1. The lowest BCUT2D eigenvalue weighted by Gasteiger charge is -2.68. The van der Waals surface area contributed by atoms with Crippen LogP contribution in [0.15, 0.2) is 11.6 Å². The summed E-state index contributed by atoms with van der Waals surface area (Å²) in [5.41, 5.74) is -4.43. The fraction of sp³-hybridized carbons (Fsp3) is 0.793. The van der Waals surface area contributed by atoms with Crippen LogP contribution in [0.4, 0.5) is 0 Å². The summed E-state index contributed by atoms with van der Waals surface area (Å²) in [4.78, 5) is 48.2. The Morgan fingerprint density at radius 3 is 2.33 bits per heavy atom.